The van der Waals surface area contributed by atoms with Crippen molar-refractivity contribution in [3.05, 3.63) is 73.4 Å². The van der Waals surface area contributed by atoms with Crippen LogP contribution in [-0.4, -0.2) is 201 Å². The second-order valence-corrected chi connectivity index (χ2v) is 29.6. The Kier molecular flexibility index (Phi) is 21.7. The number of hydrogen-bond donors (Lipinski definition) is 6. The van der Waals surface area contributed by atoms with E-state index in [1.54, 1.807) is 69.2 Å². The van der Waals surface area contributed by atoms with Gasteiger partial charge in [-0.3, -0.25) is 4.79 Å². The molecule has 0 radical (unpaired) electrons. The van der Waals surface area contributed by atoms with Crippen LogP contribution in [0.15, 0.2) is 73.4 Å². The zero-order valence-electron chi connectivity index (χ0n) is 57.4. The van der Waals surface area contributed by atoms with Crippen molar-refractivity contribution in [1.82, 2.24) is 0 Å². The van der Waals surface area contributed by atoms with Gasteiger partial charge in [0.15, 0.2) is 41.1 Å². The highest BCUT2D eigenvalue weighted by Gasteiger charge is 2.73. The summed E-state index contributed by atoms with van der Waals surface area (Å²) in [5.74, 6) is -9.36. The summed E-state index contributed by atoms with van der Waals surface area (Å²) in [5, 5.41) is 59.7. The first-order valence-corrected chi connectivity index (χ1v) is 33.2. The van der Waals surface area contributed by atoms with Crippen LogP contribution in [0, 0.1) is 65.1 Å². The van der Waals surface area contributed by atoms with E-state index in [2.05, 4.69) is 39.5 Å². The van der Waals surface area contributed by atoms with Gasteiger partial charge < -0.3 is 97.0 Å². The van der Waals surface area contributed by atoms with Gasteiger partial charge in [0.2, 0.25) is 5.79 Å². The number of carbonyl (C=O) groups is 7. The van der Waals surface area contributed by atoms with Crippen LogP contribution in [-0.2, 0) is 99.9 Å². The smallest absolute Gasteiger partial charge is 0.333 e. The Morgan fingerprint density at radius 1 is 0.464 bits per heavy atom. The molecule has 0 spiro atoms. The average Bonchev–Trinajstić information content (AvgIpc) is 1.54. The van der Waals surface area contributed by atoms with Crippen LogP contribution < -0.4 is 0 Å². The van der Waals surface area contributed by atoms with Crippen LogP contribution in [0.25, 0.3) is 0 Å². The Labute approximate surface area is 564 Å². The number of ether oxygens (including phenoxy) is 14. The molecule has 29 atom stereocenters. The molecule has 29 unspecified atom stereocenters. The number of rotatable bonds is 13. The molecule has 14 fully saturated rings. The molecule has 0 aromatic rings. The first-order chi connectivity index (χ1) is 44.9. The van der Waals surface area contributed by atoms with E-state index in [1.807, 2.05) is 0 Å². The largest absolute Gasteiger partial charge is 0.469 e. The van der Waals surface area contributed by atoms with Crippen molar-refractivity contribution in [1.29, 1.82) is 0 Å². The molecule has 0 aromatic carbocycles. The number of esters is 7. The van der Waals surface area contributed by atoms with Gasteiger partial charge in [-0.15, -0.1) is 0 Å². The molecule has 0 amide bonds. The normalized spacial score (nSPS) is 45.4. The van der Waals surface area contributed by atoms with E-state index >= 15 is 0 Å². The molecule has 8 bridgehead atoms. The molecule has 8 aliphatic heterocycles. The third-order valence-electron chi connectivity index (χ3n) is 21.6. The van der Waals surface area contributed by atoms with Crippen molar-refractivity contribution in [2.24, 2.45) is 65.1 Å². The van der Waals surface area contributed by atoms with E-state index in [4.69, 9.17) is 66.3 Å². The molecule has 6 aliphatic carbocycles. The van der Waals surface area contributed by atoms with Crippen molar-refractivity contribution in [3.8, 4) is 0 Å². The van der Waals surface area contributed by atoms with E-state index in [0.29, 0.717) is 83.8 Å². The predicted octanol–water partition coefficient (Wildman–Crippen LogP) is 4.30. The predicted molar refractivity (Wildman–Crippen MR) is 335 cm³/mol. The fourth-order valence-corrected chi connectivity index (χ4v) is 17.2. The fraction of sp³-hybridized carbons (Fsp3) is 0.729. The van der Waals surface area contributed by atoms with Crippen LogP contribution in [0.1, 0.15) is 128 Å². The van der Waals surface area contributed by atoms with Crippen molar-refractivity contribution in [2.75, 3.05) is 20.3 Å². The molecule has 6 N–H and O–H groups in total. The van der Waals surface area contributed by atoms with E-state index in [1.165, 1.54) is 20.1 Å². The number of carbonyl (C=O) groups excluding carboxylic acids is 7. The molecule has 27 heteroatoms. The van der Waals surface area contributed by atoms with Gasteiger partial charge in [0.25, 0.3) is 0 Å². The van der Waals surface area contributed by atoms with Gasteiger partial charge in [0.05, 0.1) is 38.4 Å². The van der Waals surface area contributed by atoms with Gasteiger partial charge in [-0.1, -0.05) is 39.5 Å². The lowest BCUT2D eigenvalue weighted by Crippen LogP contribution is -2.45. The highest BCUT2D eigenvalue weighted by molar-refractivity contribution is 5.89. The lowest BCUT2D eigenvalue weighted by atomic mass is 9.75. The van der Waals surface area contributed by atoms with Gasteiger partial charge in [-0.05, 0) is 144 Å². The molecular formula is C70H98O27. The Balaban J connectivity index is 0.000000137. The number of aliphatic hydroxyl groups is 6. The molecule has 97 heavy (non-hydrogen) atoms. The maximum absolute atomic E-state index is 12.1. The van der Waals surface area contributed by atoms with Gasteiger partial charge in [0.1, 0.15) is 48.8 Å². The van der Waals surface area contributed by atoms with Gasteiger partial charge in [-0.25, -0.2) is 28.8 Å². The second kappa shape index (κ2) is 28.0. The summed E-state index contributed by atoms with van der Waals surface area (Å²) in [6, 6.07) is 0. The summed E-state index contributed by atoms with van der Waals surface area (Å²) in [6.07, 6.45) is 3.58. The van der Waals surface area contributed by atoms with E-state index in [0.717, 1.165) is 25.7 Å². The van der Waals surface area contributed by atoms with Crippen molar-refractivity contribution in [2.45, 2.75) is 235 Å². The van der Waals surface area contributed by atoms with Crippen LogP contribution in [0.2, 0.25) is 0 Å². The fourth-order valence-electron chi connectivity index (χ4n) is 17.2. The zero-order chi connectivity index (χ0) is 71.9. The summed E-state index contributed by atoms with van der Waals surface area (Å²) in [6.45, 7) is 39.2. The Bertz CT molecular complexity index is 3070. The molecule has 27 nitrogen and oxygen atoms in total. The first kappa shape index (κ1) is 75.4. The quantitative estimate of drug-likeness (QED) is 0.0850. The van der Waals surface area contributed by atoms with Gasteiger partial charge >= 0.3 is 41.8 Å². The maximum atomic E-state index is 12.1. The van der Waals surface area contributed by atoms with Crippen molar-refractivity contribution < 1.29 is 131 Å². The standard InChI is InChI=1S/C15H20O6.C13H18O4.C12H16O5.C12H16O4.2C9H14O4/c1-6(2)13(16)20-11-7-5-8-10(9(7)14(17)19-4)15(3,18)21-12(8)11;1-6(2)12(14)16-10-7-4-8-9(5-7)13(3,15)17-11(8)10;1-5(2)11(13)16-9-7-4-6-8(15-7)10(9)17-12(6,3)14;1-3-9(13)15-10-6-4-7-8(5-6)12(2,14)16-11(7)10;1-6(2)8(10)13-7-4-9(3,11)12-5-7;1-6(2)8(10)13-7-4-5-12-9(7,3)11/h7-12,18H,1,5H2,2-4H3;7-11,15H,1,4-5H2,2-3H3;6-10,14H,1,4H2,2-3H3;3,6-8,10-11,14H,1,4-5H2,2H3;2*7,11H,1,4-5H2,2-3H3. The molecule has 8 heterocycles. The molecule has 0 aromatic heterocycles. The SMILES string of the molecule is C=C(C)C(=O)OC1C2CC3C(O2)C1OC3(C)O.C=C(C)C(=O)OC1C2CC3C1OC(C)(O)C3C2.C=C(C)C(=O)OC1C2CC3C1OC(C)(O)C3C2C(=O)OC.C=C(C)C(=O)OC1CCOC1(C)O.C=C(C)C(=O)OC1COC(C)(O)C1.C=CC(=O)OC1C2CC3C1OC(C)(O)C3C2. The van der Waals surface area contributed by atoms with Gasteiger partial charge in [0, 0.05) is 76.4 Å². The summed E-state index contributed by atoms with van der Waals surface area (Å²) in [7, 11) is 1.32. The first-order valence-electron chi connectivity index (χ1n) is 33.2. The van der Waals surface area contributed by atoms with Crippen molar-refractivity contribution >= 4 is 41.8 Å². The number of hydrogen-bond acceptors (Lipinski definition) is 27. The lowest BCUT2D eigenvalue weighted by molar-refractivity contribution is -0.211. The minimum Gasteiger partial charge on any atom is -0.469 e. The van der Waals surface area contributed by atoms with Crippen LogP contribution >= 0.6 is 0 Å². The van der Waals surface area contributed by atoms with Crippen LogP contribution in [0.4, 0.5) is 0 Å². The Morgan fingerprint density at radius 2 is 0.907 bits per heavy atom. The summed E-state index contributed by atoms with van der Waals surface area (Å²) in [4.78, 5) is 80.4. The Hall–Kier alpha value is -5.79. The van der Waals surface area contributed by atoms with Crippen molar-refractivity contribution in [3.63, 3.8) is 0 Å². The molecule has 8 saturated heterocycles. The third kappa shape index (κ3) is 15.3. The second-order valence-electron chi connectivity index (χ2n) is 29.6. The molecule has 14 aliphatic rings. The van der Waals surface area contributed by atoms with E-state index in [9.17, 15) is 64.2 Å². The molecule has 540 valence electrons. The molecule has 14 rings (SSSR count). The van der Waals surface area contributed by atoms with Gasteiger partial charge in [-0.2, -0.15) is 0 Å². The highest BCUT2D eigenvalue weighted by atomic mass is 16.7. The summed E-state index contributed by atoms with van der Waals surface area (Å²) >= 11 is 0. The van der Waals surface area contributed by atoms with Crippen LogP contribution in [0.5, 0.6) is 0 Å². The maximum Gasteiger partial charge on any atom is 0.333 e. The minimum atomic E-state index is -1.40. The summed E-state index contributed by atoms with van der Waals surface area (Å²) in [5.41, 5.74) is 1.74. The Morgan fingerprint density at radius 3 is 1.37 bits per heavy atom. The summed E-state index contributed by atoms with van der Waals surface area (Å²) < 4.78 is 74.6. The topological polar surface area (TPSA) is 370 Å². The third-order valence-corrected chi connectivity index (χ3v) is 21.6. The molecular weight excluding hydrogens is 1270 g/mol. The minimum absolute atomic E-state index is 0.0111. The van der Waals surface area contributed by atoms with E-state index < -0.39 is 88.8 Å². The lowest BCUT2D eigenvalue weighted by Gasteiger charge is -2.32. The monoisotopic (exact) mass is 1370 g/mol. The highest BCUT2D eigenvalue weighted by Crippen LogP contribution is 2.64. The number of methoxy groups -OCH3 is 1. The number of fused-ring (bicyclic) bond motifs is 4. The van der Waals surface area contributed by atoms with E-state index in [-0.39, 0.29) is 109 Å². The molecule has 6 saturated carbocycles. The van der Waals surface area contributed by atoms with Crippen LogP contribution in [0.3, 0.4) is 0 Å². The zero-order valence-corrected chi connectivity index (χ0v) is 57.4. The average molecular weight is 1370 g/mol.